The summed E-state index contributed by atoms with van der Waals surface area (Å²) in [6, 6.07) is 24.6. The maximum atomic E-state index is 13.1. The second-order valence-corrected chi connectivity index (χ2v) is 8.50. The normalized spacial score (nSPS) is 14.5. The van der Waals surface area contributed by atoms with Crippen molar-refractivity contribution in [3.63, 3.8) is 0 Å². The lowest BCUT2D eigenvalue weighted by Crippen LogP contribution is -2.50. The van der Waals surface area contributed by atoms with Gasteiger partial charge in [-0.25, -0.2) is 4.79 Å². The van der Waals surface area contributed by atoms with Crippen LogP contribution in [0, 0.1) is 10.1 Å². The number of nitro groups is 1. The molecule has 3 aromatic carbocycles. The summed E-state index contributed by atoms with van der Waals surface area (Å²) in [6.45, 7) is 2.27. The number of aromatic nitrogens is 1. The van der Waals surface area contributed by atoms with Crippen LogP contribution in [0.2, 0.25) is 0 Å². The van der Waals surface area contributed by atoms with Gasteiger partial charge in [-0.2, -0.15) is 0 Å². The highest BCUT2D eigenvalue weighted by molar-refractivity contribution is 5.80. The number of nitrogens with zero attached hydrogens (tertiary/aromatic N) is 4. The third-order valence-electron chi connectivity index (χ3n) is 6.42. The van der Waals surface area contributed by atoms with E-state index in [9.17, 15) is 19.7 Å². The zero-order valence-electron chi connectivity index (χ0n) is 18.9. The minimum atomic E-state index is -0.708. The molecule has 0 aliphatic carbocycles. The molecule has 1 saturated heterocycles. The number of nitro benzene ring substituents is 1. The first kappa shape index (κ1) is 22.5. The summed E-state index contributed by atoms with van der Waals surface area (Å²) in [5, 5.41) is 11.0. The van der Waals surface area contributed by atoms with E-state index in [-0.39, 0.29) is 29.8 Å². The van der Waals surface area contributed by atoms with E-state index in [0.717, 1.165) is 0 Å². The Hall–Kier alpha value is -4.24. The molecule has 1 aromatic heterocycles. The van der Waals surface area contributed by atoms with Gasteiger partial charge in [0.2, 0.25) is 5.91 Å². The Labute approximate surface area is 200 Å². The molecule has 0 spiro atoms. The Bertz CT molecular complexity index is 1370. The molecule has 0 N–H and O–H groups in total. The highest BCUT2D eigenvalue weighted by Gasteiger charge is 2.28. The van der Waals surface area contributed by atoms with E-state index >= 15 is 0 Å². The van der Waals surface area contributed by atoms with Crippen molar-refractivity contribution in [3.05, 3.63) is 111 Å². The average molecular weight is 473 g/mol. The Morgan fingerprint density at radius 2 is 1.51 bits per heavy atom. The molecule has 5 rings (SSSR count). The molecule has 1 aliphatic rings. The summed E-state index contributed by atoms with van der Waals surface area (Å²) in [5.74, 6) is -0.899. The summed E-state index contributed by atoms with van der Waals surface area (Å²) < 4.78 is 6.38. The minimum absolute atomic E-state index is 0.0888. The minimum Gasteiger partial charge on any atom is -0.407 e. The van der Waals surface area contributed by atoms with Gasteiger partial charge < -0.3 is 9.32 Å². The van der Waals surface area contributed by atoms with Gasteiger partial charge >= 0.3 is 5.76 Å². The van der Waals surface area contributed by atoms with Gasteiger partial charge in [-0.1, -0.05) is 60.7 Å². The summed E-state index contributed by atoms with van der Waals surface area (Å²) in [5.41, 5.74) is 2.68. The van der Waals surface area contributed by atoms with Crippen LogP contribution in [0.15, 0.2) is 88.1 Å². The van der Waals surface area contributed by atoms with E-state index in [1.165, 1.54) is 33.9 Å². The molecule has 0 bridgehead atoms. The average Bonchev–Trinajstić information content (AvgIpc) is 3.20. The van der Waals surface area contributed by atoms with Gasteiger partial charge in [0.25, 0.3) is 5.69 Å². The largest absolute Gasteiger partial charge is 0.420 e. The van der Waals surface area contributed by atoms with Crippen molar-refractivity contribution in [2.75, 3.05) is 26.2 Å². The number of hydrogen-bond donors (Lipinski definition) is 0. The highest BCUT2D eigenvalue weighted by atomic mass is 16.6. The lowest BCUT2D eigenvalue weighted by atomic mass is 9.96. The summed E-state index contributed by atoms with van der Waals surface area (Å²) in [7, 11) is 0. The van der Waals surface area contributed by atoms with Gasteiger partial charge in [0.1, 0.15) is 6.54 Å². The molecule has 9 nitrogen and oxygen atoms in total. The fourth-order valence-electron chi connectivity index (χ4n) is 4.67. The second kappa shape index (κ2) is 9.55. The SMILES string of the molecule is O=C(Cn1c(=O)oc2cc([N+](=O)[O-])ccc21)N1CCN(C(c2ccccc2)c2ccccc2)CC1. The Kier molecular flexibility index (Phi) is 6.15. The first-order valence-electron chi connectivity index (χ1n) is 11.4. The smallest absolute Gasteiger partial charge is 0.407 e. The monoisotopic (exact) mass is 472 g/mol. The van der Waals surface area contributed by atoms with Gasteiger partial charge in [-0.15, -0.1) is 0 Å². The van der Waals surface area contributed by atoms with Crippen molar-refractivity contribution in [2.45, 2.75) is 12.6 Å². The lowest BCUT2D eigenvalue weighted by molar-refractivity contribution is -0.384. The topological polar surface area (TPSA) is 102 Å². The Morgan fingerprint density at radius 1 is 0.914 bits per heavy atom. The molecule has 9 heteroatoms. The van der Waals surface area contributed by atoms with Crippen molar-refractivity contribution < 1.29 is 14.1 Å². The molecule has 178 valence electrons. The van der Waals surface area contributed by atoms with Crippen LogP contribution in [0.4, 0.5) is 5.69 Å². The quantitative estimate of drug-likeness (QED) is 0.315. The summed E-state index contributed by atoms with van der Waals surface area (Å²) in [6.07, 6.45) is 0. The van der Waals surface area contributed by atoms with Gasteiger partial charge in [-0.05, 0) is 17.2 Å². The van der Waals surface area contributed by atoms with Crippen molar-refractivity contribution in [2.24, 2.45) is 0 Å². The Balaban J connectivity index is 1.30. The van der Waals surface area contributed by atoms with Crippen LogP contribution >= 0.6 is 0 Å². The molecule has 1 amide bonds. The first-order valence-corrected chi connectivity index (χ1v) is 11.4. The number of carbonyl (C=O) groups is 1. The number of piperazine rings is 1. The van der Waals surface area contributed by atoms with Crippen molar-refractivity contribution in [1.29, 1.82) is 0 Å². The molecular formula is C26H24N4O5. The molecule has 35 heavy (non-hydrogen) atoms. The van der Waals surface area contributed by atoms with Crippen LogP contribution in [0.25, 0.3) is 11.1 Å². The molecule has 4 aromatic rings. The van der Waals surface area contributed by atoms with E-state index in [4.69, 9.17) is 4.42 Å². The predicted molar refractivity (Wildman–Crippen MR) is 130 cm³/mol. The number of oxazole rings is 1. The summed E-state index contributed by atoms with van der Waals surface area (Å²) >= 11 is 0. The van der Waals surface area contributed by atoms with Gasteiger partial charge in [0, 0.05) is 32.2 Å². The number of fused-ring (bicyclic) bond motifs is 1. The van der Waals surface area contributed by atoms with Crippen LogP contribution in [0.3, 0.4) is 0 Å². The zero-order chi connectivity index (χ0) is 24.4. The lowest BCUT2D eigenvalue weighted by Gasteiger charge is -2.39. The molecule has 1 aliphatic heterocycles. The van der Waals surface area contributed by atoms with Crippen LogP contribution in [-0.4, -0.2) is 51.4 Å². The molecule has 1 fully saturated rings. The fraction of sp³-hybridized carbons (Fsp3) is 0.231. The predicted octanol–water partition coefficient (Wildman–Crippen LogP) is 3.44. The van der Waals surface area contributed by atoms with Gasteiger partial charge in [0.05, 0.1) is 22.5 Å². The van der Waals surface area contributed by atoms with Crippen molar-refractivity contribution in [3.8, 4) is 0 Å². The molecule has 0 unspecified atom stereocenters. The number of rotatable bonds is 6. The van der Waals surface area contributed by atoms with Crippen LogP contribution in [0.1, 0.15) is 17.2 Å². The number of hydrogen-bond acceptors (Lipinski definition) is 6. The maximum absolute atomic E-state index is 13.1. The molecule has 0 radical (unpaired) electrons. The molecule has 0 saturated carbocycles. The third kappa shape index (κ3) is 4.58. The van der Waals surface area contributed by atoms with Crippen molar-refractivity contribution in [1.82, 2.24) is 14.4 Å². The number of non-ortho nitro benzene ring substituents is 1. The number of carbonyl (C=O) groups excluding carboxylic acids is 1. The molecule has 2 heterocycles. The number of benzene rings is 3. The van der Waals surface area contributed by atoms with Crippen LogP contribution in [0.5, 0.6) is 0 Å². The third-order valence-corrected chi connectivity index (χ3v) is 6.42. The van der Waals surface area contributed by atoms with Crippen LogP contribution < -0.4 is 5.76 Å². The Morgan fingerprint density at radius 3 is 2.09 bits per heavy atom. The standard InChI is InChI=1S/C26H24N4O5/c31-24(18-29-22-12-11-21(30(33)34)17-23(22)35-26(29)32)27-13-15-28(16-14-27)25(19-7-3-1-4-8-19)20-9-5-2-6-10-20/h1-12,17,25H,13-16,18H2. The second-order valence-electron chi connectivity index (χ2n) is 8.50. The molecule has 0 atom stereocenters. The first-order chi connectivity index (χ1) is 17.0. The van der Waals surface area contributed by atoms with E-state index < -0.39 is 10.7 Å². The summed E-state index contributed by atoms with van der Waals surface area (Å²) in [4.78, 5) is 39.9. The fourth-order valence-corrected chi connectivity index (χ4v) is 4.67. The van der Waals surface area contributed by atoms with Gasteiger partial charge in [-0.3, -0.25) is 24.4 Å². The van der Waals surface area contributed by atoms with Gasteiger partial charge in [0.15, 0.2) is 5.58 Å². The number of amides is 1. The van der Waals surface area contributed by atoms with E-state index in [0.29, 0.717) is 31.7 Å². The van der Waals surface area contributed by atoms with E-state index in [1.807, 2.05) is 36.4 Å². The van der Waals surface area contributed by atoms with Crippen LogP contribution in [-0.2, 0) is 11.3 Å². The highest BCUT2D eigenvalue weighted by Crippen LogP contribution is 2.29. The maximum Gasteiger partial charge on any atom is 0.420 e. The molecular weight excluding hydrogens is 448 g/mol. The zero-order valence-corrected chi connectivity index (χ0v) is 18.9. The van der Waals surface area contributed by atoms with E-state index in [2.05, 4.69) is 29.2 Å². The van der Waals surface area contributed by atoms with Crippen molar-refractivity contribution >= 4 is 22.7 Å². The van der Waals surface area contributed by atoms with E-state index in [1.54, 1.807) is 4.90 Å².